The topological polar surface area (TPSA) is 60.9 Å². The Kier molecular flexibility index (Phi) is 6.86. The van der Waals surface area contributed by atoms with Crippen molar-refractivity contribution in [1.82, 2.24) is 10.0 Å². The van der Waals surface area contributed by atoms with Gasteiger partial charge in [-0.1, -0.05) is 0 Å². The largest absolute Gasteiger partial charge is 0.477 e. The summed E-state index contributed by atoms with van der Waals surface area (Å²) in [6, 6.07) is 3.43. The minimum Gasteiger partial charge on any atom is -0.477 e. The zero-order valence-corrected chi connectivity index (χ0v) is 14.8. The fourth-order valence-corrected chi connectivity index (χ4v) is 3.00. The van der Waals surface area contributed by atoms with Gasteiger partial charge in [0.15, 0.2) is 0 Å². The predicted octanol–water partition coefficient (Wildman–Crippen LogP) is 1.66. The van der Waals surface area contributed by atoms with Crippen LogP contribution in [0, 0.1) is 6.92 Å². The van der Waals surface area contributed by atoms with Crippen molar-refractivity contribution in [3.05, 3.63) is 28.8 Å². The maximum Gasteiger partial charge on any atom is 0.345 e. The van der Waals surface area contributed by atoms with Gasteiger partial charge in [-0.15, -0.1) is 17.9 Å². The molecule has 0 bridgehead atoms. The first-order valence-electron chi connectivity index (χ1n) is 6.28. The van der Waals surface area contributed by atoms with Crippen LogP contribution in [-0.2, 0) is 32.3 Å². The maximum absolute atomic E-state index is 11.9. The SMILES string of the molecule is [CH2-]CN1CCCC(=O)N1CCc1ccc(C(=O)O)s1.[W]. The third-order valence-corrected chi connectivity index (χ3v) is 4.27. The number of carboxylic acid groups (broad SMARTS) is 1. The molecular formula is C13H17N2O3SW-. The average molecular weight is 465 g/mol. The van der Waals surface area contributed by atoms with Gasteiger partial charge >= 0.3 is 5.97 Å². The summed E-state index contributed by atoms with van der Waals surface area (Å²) in [7, 11) is 0. The summed E-state index contributed by atoms with van der Waals surface area (Å²) < 4.78 is 0. The van der Waals surface area contributed by atoms with Crippen molar-refractivity contribution in [1.29, 1.82) is 0 Å². The summed E-state index contributed by atoms with van der Waals surface area (Å²) in [5.41, 5.74) is 0. The van der Waals surface area contributed by atoms with E-state index in [1.165, 1.54) is 11.3 Å². The van der Waals surface area contributed by atoms with Crippen LogP contribution in [0.4, 0.5) is 0 Å². The summed E-state index contributed by atoms with van der Waals surface area (Å²) in [4.78, 5) is 24.0. The Hall–Kier alpha value is -0.712. The Balaban J connectivity index is 0.00000200. The van der Waals surface area contributed by atoms with Crippen LogP contribution in [0.15, 0.2) is 12.1 Å². The zero-order chi connectivity index (χ0) is 13.8. The fourth-order valence-electron chi connectivity index (χ4n) is 2.16. The Labute approximate surface area is 136 Å². The molecule has 2 rings (SSSR count). The molecule has 1 fully saturated rings. The van der Waals surface area contributed by atoms with Crippen LogP contribution in [0.1, 0.15) is 27.4 Å². The van der Waals surface area contributed by atoms with Crippen LogP contribution in [0.25, 0.3) is 0 Å². The third kappa shape index (κ3) is 4.14. The molecule has 1 saturated heterocycles. The minimum absolute atomic E-state index is 0. The summed E-state index contributed by atoms with van der Waals surface area (Å²) in [5.74, 6) is -0.769. The van der Waals surface area contributed by atoms with E-state index in [0.717, 1.165) is 17.8 Å². The van der Waals surface area contributed by atoms with Crippen LogP contribution >= 0.6 is 11.3 Å². The van der Waals surface area contributed by atoms with Gasteiger partial charge in [-0.2, -0.15) is 0 Å². The zero-order valence-electron chi connectivity index (χ0n) is 11.1. The van der Waals surface area contributed by atoms with Gasteiger partial charge in [0, 0.05) is 51.9 Å². The first-order valence-corrected chi connectivity index (χ1v) is 7.10. The van der Waals surface area contributed by atoms with Crippen molar-refractivity contribution in [3.63, 3.8) is 0 Å². The maximum atomic E-state index is 11.9. The number of thiophene rings is 1. The first-order chi connectivity index (χ1) is 9.11. The van der Waals surface area contributed by atoms with Crippen molar-refractivity contribution in [2.75, 3.05) is 19.6 Å². The predicted molar refractivity (Wildman–Crippen MR) is 72.9 cm³/mol. The first kappa shape index (κ1) is 17.3. The van der Waals surface area contributed by atoms with Gasteiger partial charge in [-0.25, -0.2) is 9.80 Å². The molecule has 0 saturated carbocycles. The van der Waals surface area contributed by atoms with Crippen molar-refractivity contribution in [3.8, 4) is 0 Å². The van der Waals surface area contributed by atoms with E-state index in [9.17, 15) is 9.59 Å². The minimum atomic E-state index is -0.898. The molecule has 5 nitrogen and oxygen atoms in total. The van der Waals surface area contributed by atoms with Crippen LogP contribution in [-0.4, -0.2) is 46.6 Å². The van der Waals surface area contributed by atoms with E-state index in [1.807, 2.05) is 11.1 Å². The standard InChI is InChI=1S/C13H17N2O3S.W/c1-2-14-8-3-4-12(16)15(14)9-7-10-5-6-11(19-10)13(17)18;/h5-6H,1-4,7-9H2,(H,17,18);/q-1;. The molecule has 0 spiro atoms. The van der Waals surface area contributed by atoms with E-state index in [4.69, 9.17) is 5.11 Å². The van der Waals surface area contributed by atoms with E-state index < -0.39 is 5.97 Å². The molecule has 0 unspecified atom stereocenters. The van der Waals surface area contributed by atoms with Gasteiger partial charge in [-0.3, -0.25) is 9.80 Å². The Morgan fingerprint density at radius 3 is 2.80 bits per heavy atom. The summed E-state index contributed by atoms with van der Waals surface area (Å²) in [6.07, 6.45) is 2.15. The second-order valence-corrected chi connectivity index (χ2v) is 5.56. The summed E-state index contributed by atoms with van der Waals surface area (Å²) in [6.45, 7) is 5.87. The number of nitrogens with zero attached hydrogens (tertiary/aromatic N) is 2. The van der Waals surface area contributed by atoms with Crippen molar-refractivity contribution in [2.45, 2.75) is 19.3 Å². The molecule has 1 amide bonds. The van der Waals surface area contributed by atoms with Gasteiger partial charge in [0.05, 0.1) is 0 Å². The summed E-state index contributed by atoms with van der Waals surface area (Å²) >= 11 is 1.27. The number of hydrogen-bond donors (Lipinski definition) is 1. The molecule has 1 aromatic rings. The monoisotopic (exact) mass is 465 g/mol. The van der Waals surface area contributed by atoms with Crippen LogP contribution in [0.5, 0.6) is 0 Å². The number of carboxylic acids is 1. The normalized spacial score (nSPS) is 16.1. The second-order valence-electron chi connectivity index (χ2n) is 4.40. The molecule has 1 aromatic heterocycles. The average Bonchev–Trinajstić information content (AvgIpc) is 2.86. The number of hydrazine groups is 1. The van der Waals surface area contributed by atoms with E-state index in [2.05, 4.69) is 6.92 Å². The molecule has 0 radical (unpaired) electrons. The van der Waals surface area contributed by atoms with Gasteiger partial charge < -0.3 is 12.0 Å². The molecule has 1 aliphatic rings. The van der Waals surface area contributed by atoms with Gasteiger partial charge in [0.25, 0.3) is 0 Å². The van der Waals surface area contributed by atoms with Crippen molar-refractivity contribution in [2.24, 2.45) is 0 Å². The van der Waals surface area contributed by atoms with Crippen LogP contribution < -0.4 is 0 Å². The number of carbonyl (C=O) groups is 2. The van der Waals surface area contributed by atoms with Crippen LogP contribution in [0.3, 0.4) is 0 Å². The molecule has 1 aliphatic heterocycles. The number of aromatic carboxylic acids is 1. The fraction of sp³-hybridized carbons (Fsp3) is 0.462. The van der Waals surface area contributed by atoms with Crippen molar-refractivity contribution >= 4 is 23.2 Å². The Morgan fingerprint density at radius 1 is 1.45 bits per heavy atom. The molecule has 0 aromatic carbocycles. The van der Waals surface area contributed by atoms with Gasteiger partial charge in [-0.05, 0) is 18.6 Å². The van der Waals surface area contributed by atoms with Crippen LogP contribution in [0.2, 0.25) is 0 Å². The number of amides is 1. The molecule has 0 aliphatic carbocycles. The van der Waals surface area contributed by atoms with Crippen molar-refractivity contribution < 1.29 is 35.8 Å². The summed E-state index contributed by atoms with van der Waals surface area (Å²) in [5, 5.41) is 12.6. The molecular weight excluding hydrogens is 448 g/mol. The Morgan fingerprint density at radius 2 is 2.20 bits per heavy atom. The van der Waals surface area contributed by atoms with E-state index in [1.54, 1.807) is 11.1 Å². The number of carbonyl (C=O) groups excluding carboxylic acids is 1. The molecule has 1 N–H and O–H groups in total. The van der Waals surface area contributed by atoms with E-state index >= 15 is 0 Å². The van der Waals surface area contributed by atoms with Gasteiger partial charge in [0.2, 0.25) is 5.91 Å². The number of hydrogen-bond acceptors (Lipinski definition) is 4. The third-order valence-electron chi connectivity index (χ3n) is 3.14. The Bertz CT molecular complexity index is 478. The second kappa shape index (κ2) is 7.91. The smallest absolute Gasteiger partial charge is 0.345 e. The molecule has 7 heteroatoms. The molecule has 0 atom stereocenters. The molecule has 20 heavy (non-hydrogen) atoms. The van der Waals surface area contributed by atoms with E-state index in [0.29, 0.717) is 30.8 Å². The van der Waals surface area contributed by atoms with E-state index in [-0.39, 0.29) is 27.0 Å². The molecule has 2 heterocycles. The number of rotatable bonds is 5. The quantitative estimate of drug-likeness (QED) is 0.673. The van der Waals surface area contributed by atoms with Gasteiger partial charge in [0.1, 0.15) is 4.88 Å². The molecule has 110 valence electrons.